The monoisotopic (exact) mass is 417 g/mol. The molecule has 0 saturated heterocycles. The second kappa shape index (κ2) is 8.21. The number of thiazole rings is 1. The maximum atomic E-state index is 9.55. The Balaban J connectivity index is 1.92. The van der Waals surface area contributed by atoms with Crippen LogP contribution in [0.3, 0.4) is 0 Å². The minimum Gasteiger partial charge on any atom is -0.497 e. The van der Waals surface area contributed by atoms with Crippen LogP contribution in [0.1, 0.15) is 31.0 Å². The quantitative estimate of drug-likeness (QED) is 0.390. The Morgan fingerprint density at radius 3 is 2.50 bits per heavy atom. The van der Waals surface area contributed by atoms with E-state index in [9.17, 15) is 5.26 Å². The fourth-order valence-corrected chi connectivity index (χ4v) is 4.53. The van der Waals surface area contributed by atoms with Gasteiger partial charge in [0.25, 0.3) is 0 Å². The van der Waals surface area contributed by atoms with Crippen molar-refractivity contribution in [3.8, 4) is 40.1 Å². The first-order valence-corrected chi connectivity index (χ1v) is 10.6. The molecule has 4 rings (SSSR count). The van der Waals surface area contributed by atoms with Crippen LogP contribution in [0.2, 0.25) is 0 Å². The first-order chi connectivity index (χ1) is 14.6. The summed E-state index contributed by atoms with van der Waals surface area (Å²) in [5.41, 5.74) is 5.86. The summed E-state index contributed by atoms with van der Waals surface area (Å²) >= 11 is 1.57. The van der Waals surface area contributed by atoms with Crippen molar-refractivity contribution in [1.82, 2.24) is 9.38 Å². The third kappa shape index (κ3) is 3.42. The van der Waals surface area contributed by atoms with E-state index in [0.717, 1.165) is 38.9 Å². The van der Waals surface area contributed by atoms with E-state index in [2.05, 4.69) is 54.0 Å². The van der Waals surface area contributed by atoms with E-state index in [1.807, 2.05) is 18.2 Å². The van der Waals surface area contributed by atoms with Crippen molar-refractivity contribution in [2.24, 2.45) is 0 Å². The molecule has 2 aromatic heterocycles. The highest BCUT2D eigenvalue weighted by atomic mass is 32.1. The molecule has 0 spiro atoms. The molecular formula is C24H23N3O2S. The van der Waals surface area contributed by atoms with Crippen LogP contribution in [0.25, 0.3) is 27.5 Å². The number of methoxy groups -OCH3 is 2. The van der Waals surface area contributed by atoms with Crippen LogP contribution >= 0.6 is 11.3 Å². The van der Waals surface area contributed by atoms with Crippen LogP contribution in [-0.4, -0.2) is 23.6 Å². The third-order valence-electron chi connectivity index (χ3n) is 5.24. The fourth-order valence-electron chi connectivity index (χ4n) is 3.61. The van der Waals surface area contributed by atoms with Crippen LogP contribution in [0, 0.1) is 11.3 Å². The van der Waals surface area contributed by atoms with Crippen molar-refractivity contribution in [2.45, 2.75) is 26.2 Å². The van der Waals surface area contributed by atoms with Crippen LogP contribution in [0.15, 0.2) is 47.8 Å². The summed E-state index contributed by atoms with van der Waals surface area (Å²) < 4.78 is 13.1. The molecule has 2 heterocycles. The number of nitrogens with zero attached hydrogens (tertiary/aromatic N) is 3. The van der Waals surface area contributed by atoms with Gasteiger partial charge in [0.2, 0.25) is 0 Å². The molecule has 0 amide bonds. The molecule has 5 nitrogen and oxygen atoms in total. The second-order valence-electron chi connectivity index (χ2n) is 7.32. The van der Waals surface area contributed by atoms with Crippen molar-refractivity contribution in [2.75, 3.05) is 14.2 Å². The Morgan fingerprint density at radius 1 is 1.10 bits per heavy atom. The molecule has 0 fully saturated rings. The maximum Gasteiger partial charge on any atom is 0.195 e. The zero-order valence-corrected chi connectivity index (χ0v) is 18.3. The SMILES string of the molecule is COc1ccc(OC)c(-c2nc3scc(-c4ccc(C(C)C)cc4)n3c2CC#N)c1. The Kier molecular flexibility index (Phi) is 5.47. The minimum absolute atomic E-state index is 0.241. The maximum absolute atomic E-state index is 9.55. The lowest BCUT2D eigenvalue weighted by molar-refractivity contribution is 0.404. The van der Waals surface area contributed by atoms with E-state index in [4.69, 9.17) is 14.5 Å². The van der Waals surface area contributed by atoms with Crippen LogP contribution in [-0.2, 0) is 6.42 Å². The van der Waals surface area contributed by atoms with E-state index < -0.39 is 0 Å². The lowest BCUT2D eigenvalue weighted by atomic mass is 10.0. The predicted molar refractivity (Wildman–Crippen MR) is 120 cm³/mol. The fraction of sp³-hybridized carbons (Fsp3) is 0.250. The van der Waals surface area contributed by atoms with Crippen LogP contribution < -0.4 is 9.47 Å². The topological polar surface area (TPSA) is 59.6 Å². The lowest BCUT2D eigenvalue weighted by Gasteiger charge is -2.11. The molecule has 0 radical (unpaired) electrons. The first kappa shape index (κ1) is 20.0. The van der Waals surface area contributed by atoms with E-state index in [1.165, 1.54) is 5.56 Å². The molecule has 0 aliphatic rings. The lowest BCUT2D eigenvalue weighted by Crippen LogP contribution is -1.97. The number of hydrogen-bond donors (Lipinski definition) is 0. The second-order valence-corrected chi connectivity index (χ2v) is 8.16. The zero-order valence-electron chi connectivity index (χ0n) is 17.5. The van der Waals surface area contributed by atoms with Crippen LogP contribution in [0.5, 0.6) is 11.5 Å². The molecule has 4 aromatic rings. The summed E-state index contributed by atoms with van der Waals surface area (Å²) in [4.78, 5) is 5.72. The molecule has 30 heavy (non-hydrogen) atoms. The van der Waals surface area contributed by atoms with Crippen molar-refractivity contribution in [1.29, 1.82) is 5.26 Å². The summed E-state index contributed by atoms with van der Waals surface area (Å²) in [7, 11) is 3.27. The average molecular weight is 418 g/mol. The van der Waals surface area contributed by atoms with Crippen molar-refractivity contribution in [3.63, 3.8) is 0 Å². The smallest absolute Gasteiger partial charge is 0.195 e. The highest BCUT2D eigenvalue weighted by Gasteiger charge is 2.21. The number of imidazole rings is 1. The molecule has 0 atom stereocenters. The molecule has 0 aliphatic carbocycles. The van der Waals surface area contributed by atoms with Crippen molar-refractivity contribution >= 4 is 16.3 Å². The van der Waals surface area contributed by atoms with Gasteiger partial charge in [0, 0.05) is 10.9 Å². The number of fused-ring (bicyclic) bond motifs is 1. The van der Waals surface area contributed by atoms with Gasteiger partial charge in [0.05, 0.1) is 43.8 Å². The van der Waals surface area contributed by atoms with Crippen molar-refractivity contribution in [3.05, 3.63) is 59.1 Å². The first-order valence-electron chi connectivity index (χ1n) is 9.75. The van der Waals surface area contributed by atoms with Gasteiger partial charge >= 0.3 is 0 Å². The van der Waals surface area contributed by atoms with Gasteiger partial charge in [0.15, 0.2) is 4.96 Å². The Hall–Kier alpha value is -3.30. The van der Waals surface area contributed by atoms with E-state index in [0.29, 0.717) is 11.7 Å². The third-order valence-corrected chi connectivity index (χ3v) is 6.07. The molecule has 0 aliphatic heterocycles. The summed E-state index contributed by atoms with van der Waals surface area (Å²) in [5.74, 6) is 1.90. The Bertz CT molecular complexity index is 1230. The highest BCUT2D eigenvalue weighted by Crippen LogP contribution is 2.38. The summed E-state index contributed by atoms with van der Waals surface area (Å²) in [6.07, 6.45) is 0.241. The van der Waals surface area contributed by atoms with Gasteiger partial charge in [-0.25, -0.2) is 4.98 Å². The van der Waals surface area contributed by atoms with Gasteiger partial charge in [-0.1, -0.05) is 38.1 Å². The number of nitriles is 1. The predicted octanol–water partition coefficient (Wildman–Crippen LogP) is 5.94. The Labute approximate surface area is 180 Å². The molecule has 0 bridgehead atoms. The zero-order chi connectivity index (χ0) is 21.3. The molecular weight excluding hydrogens is 394 g/mol. The largest absolute Gasteiger partial charge is 0.497 e. The molecule has 0 unspecified atom stereocenters. The number of ether oxygens (including phenoxy) is 2. The van der Waals surface area contributed by atoms with Crippen LogP contribution in [0.4, 0.5) is 0 Å². The number of rotatable bonds is 6. The normalized spacial score (nSPS) is 11.1. The van der Waals surface area contributed by atoms with Gasteiger partial charge in [-0.3, -0.25) is 4.40 Å². The van der Waals surface area contributed by atoms with E-state index in [-0.39, 0.29) is 6.42 Å². The van der Waals surface area contributed by atoms with Gasteiger partial charge in [-0.15, -0.1) is 11.3 Å². The Morgan fingerprint density at radius 2 is 1.87 bits per heavy atom. The summed E-state index contributed by atoms with van der Waals surface area (Å²) in [6.45, 7) is 4.37. The molecule has 0 saturated carbocycles. The van der Waals surface area contributed by atoms with Gasteiger partial charge in [0.1, 0.15) is 11.5 Å². The molecule has 152 valence electrons. The minimum atomic E-state index is 0.241. The molecule has 2 aromatic carbocycles. The summed E-state index contributed by atoms with van der Waals surface area (Å²) in [5, 5.41) is 11.6. The highest BCUT2D eigenvalue weighted by molar-refractivity contribution is 7.15. The van der Waals surface area contributed by atoms with E-state index >= 15 is 0 Å². The van der Waals surface area contributed by atoms with Crippen molar-refractivity contribution < 1.29 is 9.47 Å². The molecule has 0 N–H and O–H groups in total. The van der Waals surface area contributed by atoms with Gasteiger partial charge in [-0.2, -0.15) is 5.26 Å². The van der Waals surface area contributed by atoms with E-state index in [1.54, 1.807) is 25.6 Å². The number of benzene rings is 2. The average Bonchev–Trinajstić information content (AvgIpc) is 3.33. The summed E-state index contributed by atoms with van der Waals surface area (Å²) in [6, 6.07) is 16.5. The number of aromatic nitrogens is 2. The number of hydrogen-bond acceptors (Lipinski definition) is 5. The van der Waals surface area contributed by atoms with Gasteiger partial charge < -0.3 is 9.47 Å². The standard InChI is InChI=1S/C24H23N3O2S/c1-15(2)16-5-7-17(8-6-16)21-14-30-24-26-23(20(11-12-25)27(21)24)19-13-18(28-3)9-10-22(19)29-4/h5-10,13-15H,11H2,1-4H3. The van der Waals surface area contributed by atoms with Gasteiger partial charge in [-0.05, 0) is 35.2 Å². The molecule has 6 heteroatoms.